The Bertz CT molecular complexity index is 759. The van der Waals surface area contributed by atoms with E-state index in [1.165, 1.54) is 7.11 Å². The number of carbonyl (C=O) groups is 1. The highest BCUT2D eigenvalue weighted by molar-refractivity contribution is 7.80. The van der Waals surface area contributed by atoms with E-state index in [4.69, 9.17) is 17.0 Å². The highest BCUT2D eigenvalue weighted by Gasteiger charge is 2.14. The summed E-state index contributed by atoms with van der Waals surface area (Å²) in [6.45, 7) is 3.71. The maximum Gasteiger partial charge on any atom is 0.261 e. The Morgan fingerprint density at radius 2 is 1.91 bits per heavy atom. The molecule has 6 heteroatoms. The van der Waals surface area contributed by atoms with Crippen LogP contribution in [0.4, 0.5) is 5.69 Å². The molecule has 0 heterocycles. The third-order valence-corrected chi connectivity index (χ3v) is 3.48. The lowest BCUT2D eigenvalue weighted by molar-refractivity contribution is 0.0975. The molecule has 2 aromatic carbocycles. The van der Waals surface area contributed by atoms with E-state index in [-0.39, 0.29) is 16.8 Å². The van der Waals surface area contributed by atoms with Crippen molar-refractivity contribution >= 4 is 28.9 Å². The van der Waals surface area contributed by atoms with Crippen molar-refractivity contribution in [2.24, 2.45) is 0 Å². The van der Waals surface area contributed by atoms with Gasteiger partial charge in [0.25, 0.3) is 5.91 Å². The lowest BCUT2D eigenvalue weighted by atomic mass is 10.1. The van der Waals surface area contributed by atoms with Gasteiger partial charge in [-0.15, -0.1) is 0 Å². The van der Waals surface area contributed by atoms with Crippen LogP contribution in [0.15, 0.2) is 36.4 Å². The van der Waals surface area contributed by atoms with Crippen molar-refractivity contribution in [2.45, 2.75) is 13.8 Å². The number of ether oxygens (including phenoxy) is 1. The zero-order valence-corrected chi connectivity index (χ0v) is 14.0. The zero-order valence-electron chi connectivity index (χ0n) is 13.1. The Kier molecular flexibility index (Phi) is 5.18. The summed E-state index contributed by atoms with van der Waals surface area (Å²) in [5.41, 5.74) is 2.53. The Morgan fingerprint density at radius 3 is 2.61 bits per heavy atom. The third kappa shape index (κ3) is 3.98. The first kappa shape index (κ1) is 16.8. The number of para-hydroxylation sites is 1. The molecule has 0 saturated heterocycles. The molecular weight excluding hydrogens is 312 g/mol. The Hall–Kier alpha value is -2.60. The van der Waals surface area contributed by atoms with Crippen molar-refractivity contribution in [3.63, 3.8) is 0 Å². The highest BCUT2D eigenvalue weighted by atomic mass is 32.1. The Labute approximate surface area is 140 Å². The fourth-order valence-electron chi connectivity index (χ4n) is 2.21. The number of aromatic hydroxyl groups is 1. The molecule has 2 aromatic rings. The first-order valence-electron chi connectivity index (χ1n) is 6.98. The molecule has 5 nitrogen and oxygen atoms in total. The largest absolute Gasteiger partial charge is 0.505 e. The van der Waals surface area contributed by atoms with Gasteiger partial charge >= 0.3 is 0 Å². The van der Waals surface area contributed by atoms with Crippen LogP contribution in [0.3, 0.4) is 0 Å². The molecule has 0 radical (unpaired) electrons. The van der Waals surface area contributed by atoms with Gasteiger partial charge in [-0.2, -0.15) is 0 Å². The predicted octanol–water partition coefficient (Wildman–Crippen LogP) is 3.14. The monoisotopic (exact) mass is 330 g/mol. The highest BCUT2D eigenvalue weighted by Crippen LogP contribution is 2.28. The van der Waals surface area contributed by atoms with E-state index in [0.717, 1.165) is 11.1 Å². The summed E-state index contributed by atoms with van der Waals surface area (Å²) in [4.78, 5) is 12.3. The number of nitrogens with one attached hydrogen (secondary N) is 2. The summed E-state index contributed by atoms with van der Waals surface area (Å²) in [7, 11) is 1.50. The van der Waals surface area contributed by atoms with Crippen LogP contribution in [0.1, 0.15) is 21.5 Å². The van der Waals surface area contributed by atoms with Crippen LogP contribution in [-0.2, 0) is 0 Å². The van der Waals surface area contributed by atoms with Gasteiger partial charge in [0.2, 0.25) is 0 Å². The number of benzene rings is 2. The van der Waals surface area contributed by atoms with Crippen LogP contribution in [0.5, 0.6) is 11.5 Å². The summed E-state index contributed by atoms with van der Waals surface area (Å²) in [5.74, 6) is 0.176. The molecule has 0 atom stereocenters. The van der Waals surface area contributed by atoms with Gasteiger partial charge in [0.1, 0.15) is 11.5 Å². The minimum Gasteiger partial charge on any atom is -0.505 e. The van der Waals surface area contributed by atoms with E-state index >= 15 is 0 Å². The maximum absolute atomic E-state index is 12.3. The van der Waals surface area contributed by atoms with Crippen molar-refractivity contribution < 1.29 is 14.6 Å². The number of phenolic OH excluding ortho intramolecular Hbond substituents is 1. The summed E-state index contributed by atoms with van der Waals surface area (Å²) >= 11 is 5.14. The second-order valence-electron chi connectivity index (χ2n) is 5.09. The number of hydrogen-bond acceptors (Lipinski definition) is 4. The van der Waals surface area contributed by atoms with Crippen molar-refractivity contribution in [3.8, 4) is 11.5 Å². The Balaban J connectivity index is 2.12. The van der Waals surface area contributed by atoms with Gasteiger partial charge in [0, 0.05) is 0 Å². The number of hydrogen-bond donors (Lipinski definition) is 3. The van der Waals surface area contributed by atoms with E-state index < -0.39 is 0 Å². The van der Waals surface area contributed by atoms with Crippen molar-refractivity contribution in [3.05, 3.63) is 53.1 Å². The molecule has 0 spiro atoms. The zero-order chi connectivity index (χ0) is 17.0. The van der Waals surface area contributed by atoms with Gasteiger partial charge in [-0.1, -0.05) is 18.2 Å². The fraction of sp³-hybridized carbons (Fsp3) is 0.176. The van der Waals surface area contributed by atoms with Gasteiger partial charge < -0.3 is 15.2 Å². The molecular formula is C17H18N2O3S. The number of amides is 1. The molecule has 3 N–H and O–H groups in total. The van der Waals surface area contributed by atoms with Gasteiger partial charge in [0.05, 0.1) is 18.4 Å². The topological polar surface area (TPSA) is 70.6 Å². The molecule has 0 unspecified atom stereocenters. The van der Waals surface area contributed by atoms with E-state index in [9.17, 15) is 9.90 Å². The van der Waals surface area contributed by atoms with Crippen LogP contribution in [0, 0.1) is 13.8 Å². The van der Waals surface area contributed by atoms with E-state index in [0.29, 0.717) is 17.0 Å². The molecule has 0 bridgehead atoms. The molecule has 23 heavy (non-hydrogen) atoms. The number of aryl methyl sites for hydroxylation is 2. The van der Waals surface area contributed by atoms with Crippen molar-refractivity contribution in [1.82, 2.24) is 5.32 Å². The van der Waals surface area contributed by atoms with Crippen LogP contribution in [-0.4, -0.2) is 23.2 Å². The molecule has 120 valence electrons. The molecule has 0 aliphatic carbocycles. The van der Waals surface area contributed by atoms with E-state index in [2.05, 4.69) is 10.6 Å². The van der Waals surface area contributed by atoms with Crippen molar-refractivity contribution in [2.75, 3.05) is 12.4 Å². The Morgan fingerprint density at radius 1 is 1.22 bits per heavy atom. The normalized spacial score (nSPS) is 10.0. The molecule has 0 fully saturated rings. The minimum absolute atomic E-state index is 0.0983. The lowest BCUT2D eigenvalue weighted by Gasteiger charge is -2.14. The van der Waals surface area contributed by atoms with Gasteiger partial charge in [0.15, 0.2) is 5.11 Å². The molecule has 0 saturated carbocycles. The molecule has 0 aliphatic rings. The minimum atomic E-state index is -0.385. The quantitative estimate of drug-likeness (QED) is 0.596. The molecule has 1 amide bonds. The number of phenols is 1. The SMILES string of the molecule is COc1ccccc1C(=O)NC(=S)Nc1cc(C)cc(C)c1O. The smallest absolute Gasteiger partial charge is 0.261 e. The van der Waals surface area contributed by atoms with Crippen LogP contribution < -0.4 is 15.4 Å². The van der Waals surface area contributed by atoms with E-state index in [1.807, 2.05) is 13.0 Å². The second-order valence-corrected chi connectivity index (χ2v) is 5.49. The second kappa shape index (κ2) is 7.11. The van der Waals surface area contributed by atoms with Crippen molar-refractivity contribution in [1.29, 1.82) is 0 Å². The fourth-order valence-corrected chi connectivity index (χ4v) is 2.41. The molecule has 0 aliphatic heterocycles. The standard InChI is InChI=1S/C17H18N2O3S/c1-10-8-11(2)15(20)13(9-10)18-17(23)19-16(21)12-6-4-5-7-14(12)22-3/h4-9,20H,1-3H3,(H2,18,19,21,23). The number of anilines is 1. The average molecular weight is 330 g/mol. The lowest BCUT2D eigenvalue weighted by Crippen LogP contribution is -2.34. The summed E-state index contributed by atoms with van der Waals surface area (Å²) in [6.07, 6.45) is 0. The van der Waals surface area contributed by atoms with Crippen LogP contribution in [0.2, 0.25) is 0 Å². The summed E-state index contributed by atoms with van der Waals surface area (Å²) in [6, 6.07) is 10.5. The molecule has 0 aromatic heterocycles. The van der Waals surface area contributed by atoms with E-state index in [1.54, 1.807) is 37.3 Å². The number of methoxy groups -OCH3 is 1. The number of rotatable bonds is 3. The third-order valence-electron chi connectivity index (χ3n) is 3.27. The van der Waals surface area contributed by atoms with Gasteiger partial charge in [-0.3, -0.25) is 10.1 Å². The van der Waals surface area contributed by atoms with Crippen LogP contribution in [0.25, 0.3) is 0 Å². The first-order chi connectivity index (χ1) is 10.9. The number of carbonyl (C=O) groups excluding carboxylic acids is 1. The summed E-state index contributed by atoms with van der Waals surface area (Å²) < 4.78 is 5.15. The summed E-state index contributed by atoms with van der Waals surface area (Å²) in [5, 5.41) is 15.6. The maximum atomic E-state index is 12.3. The molecule has 2 rings (SSSR count). The number of thiocarbonyl (C=S) groups is 1. The first-order valence-corrected chi connectivity index (χ1v) is 7.38. The van der Waals surface area contributed by atoms with Crippen LogP contribution >= 0.6 is 12.2 Å². The average Bonchev–Trinajstić information content (AvgIpc) is 2.51. The van der Waals surface area contributed by atoms with Gasteiger partial charge in [-0.05, 0) is 55.4 Å². The predicted molar refractivity (Wildman–Crippen MR) is 94.3 cm³/mol. The van der Waals surface area contributed by atoms with Gasteiger partial charge in [-0.25, -0.2) is 0 Å².